The standard InChI is InChI=1S/C13H24N4/c1-6-15-11-7-12(9-14-8-11)16-10-13(2,3)17(4)5/h7-9,15-16H,6,10H2,1-5H3. The Hall–Kier alpha value is -1.29. The van der Waals surface area contributed by atoms with Gasteiger partial charge in [-0.1, -0.05) is 0 Å². The van der Waals surface area contributed by atoms with Crippen LogP contribution in [0.5, 0.6) is 0 Å². The molecule has 0 spiro atoms. The van der Waals surface area contributed by atoms with Crippen molar-refractivity contribution in [3.8, 4) is 0 Å². The van der Waals surface area contributed by atoms with Gasteiger partial charge in [-0.15, -0.1) is 0 Å². The van der Waals surface area contributed by atoms with E-state index in [2.05, 4.69) is 61.5 Å². The first-order valence-electron chi connectivity index (χ1n) is 6.06. The lowest BCUT2D eigenvalue weighted by atomic mass is 10.0. The lowest BCUT2D eigenvalue weighted by Gasteiger charge is -2.33. The van der Waals surface area contributed by atoms with E-state index in [1.54, 1.807) is 0 Å². The molecule has 4 heteroatoms. The number of hydrogen-bond donors (Lipinski definition) is 2. The number of hydrogen-bond acceptors (Lipinski definition) is 4. The van der Waals surface area contributed by atoms with Crippen molar-refractivity contribution < 1.29 is 0 Å². The predicted octanol–water partition coefficient (Wildman–Crippen LogP) is 2.27. The molecule has 96 valence electrons. The second kappa shape index (κ2) is 5.87. The first-order valence-corrected chi connectivity index (χ1v) is 6.06. The van der Waals surface area contributed by atoms with Crippen LogP contribution in [0.3, 0.4) is 0 Å². The highest BCUT2D eigenvalue weighted by Gasteiger charge is 2.19. The van der Waals surface area contributed by atoms with Crippen molar-refractivity contribution in [3.05, 3.63) is 18.5 Å². The zero-order chi connectivity index (χ0) is 12.9. The van der Waals surface area contributed by atoms with Gasteiger partial charge < -0.3 is 15.5 Å². The molecular weight excluding hydrogens is 212 g/mol. The maximum atomic E-state index is 4.21. The van der Waals surface area contributed by atoms with Gasteiger partial charge in [-0.2, -0.15) is 0 Å². The molecule has 0 radical (unpaired) electrons. The van der Waals surface area contributed by atoms with E-state index in [0.717, 1.165) is 24.5 Å². The molecule has 0 aliphatic carbocycles. The fraction of sp³-hybridized carbons (Fsp3) is 0.615. The number of rotatable bonds is 6. The van der Waals surface area contributed by atoms with Crippen LogP contribution < -0.4 is 10.6 Å². The Kier molecular flexibility index (Phi) is 4.75. The first kappa shape index (κ1) is 13.8. The van der Waals surface area contributed by atoms with E-state index < -0.39 is 0 Å². The minimum atomic E-state index is 0.119. The van der Waals surface area contributed by atoms with Gasteiger partial charge in [-0.25, -0.2) is 0 Å². The molecule has 0 atom stereocenters. The monoisotopic (exact) mass is 236 g/mol. The minimum absolute atomic E-state index is 0.119. The van der Waals surface area contributed by atoms with Crippen LogP contribution in [0.15, 0.2) is 18.5 Å². The highest BCUT2D eigenvalue weighted by molar-refractivity contribution is 5.54. The Morgan fingerprint density at radius 3 is 2.29 bits per heavy atom. The summed E-state index contributed by atoms with van der Waals surface area (Å²) in [5.41, 5.74) is 2.23. The van der Waals surface area contributed by atoms with Gasteiger partial charge in [0.25, 0.3) is 0 Å². The molecule has 1 heterocycles. The second-order valence-electron chi connectivity index (χ2n) is 5.05. The van der Waals surface area contributed by atoms with Crippen LogP contribution in [0.1, 0.15) is 20.8 Å². The van der Waals surface area contributed by atoms with Crippen LogP contribution in [0.2, 0.25) is 0 Å². The quantitative estimate of drug-likeness (QED) is 0.795. The van der Waals surface area contributed by atoms with E-state index in [-0.39, 0.29) is 5.54 Å². The van der Waals surface area contributed by atoms with Crippen LogP contribution >= 0.6 is 0 Å². The van der Waals surface area contributed by atoms with E-state index in [1.807, 2.05) is 12.4 Å². The van der Waals surface area contributed by atoms with Crippen molar-refractivity contribution in [2.45, 2.75) is 26.3 Å². The lowest BCUT2D eigenvalue weighted by molar-refractivity contribution is 0.210. The van der Waals surface area contributed by atoms with Crippen molar-refractivity contribution >= 4 is 11.4 Å². The number of nitrogens with one attached hydrogen (secondary N) is 2. The SMILES string of the molecule is CCNc1cncc(NCC(C)(C)N(C)C)c1. The number of anilines is 2. The third-order valence-corrected chi connectivity index (χ3v) is 3.05. The van der Waals surface area contributed by atoms with Crippen molar-refractivity contribution in [2.75, 3.05) is 37.8 Å². The molecular formula is C13H24N4. The summed E-state index contributed by atoms with van der Waals surface area (Å²) in [6, 6.07) is 2.09. The summed E-state index contributed by atoms with van der Waals surface area (Å²) in [6.45, 7) is 8.30. The van der Waals surface area contributed by atoms with Gasteiger partial charge in [0.15, 0.2) is 0 Å². The predicted molar refractivity (Wildman–Crippen MR) is 74.7 cm³/mol. The van der Waals surface area contributed by atoms with Gasteiger partial charge in [0.2, 0.25) is 0 Å². The van der Waals surface area contributed by atoms with Crippen LogP contribution in [-0.2, 0) is 0 Å². The molecule has 0 fully saturated rings. The van der Waals surface area contributed by atoms with Crippen molar-refractivity contribution in [3.63, 3.8) is 0 Å². The van der Waals surface area contributed by atoms with E-state index in [9.17, 15) is 0 Å². The van der Waals surface area contributed by atoms with Gasteiger partial charge in [0.1, 0.15) is 0 Å². The molecule has 0 aromatic carbocycles. The highest BCUT2D eigenvalue weighted by atomic mass is 15.2. The molecule has 0 saturated carbocycles. The third-order valence-electron chi connectivity index (χ3n) is 3.05. The summed E-state index contributed by atoms with van der Waals surface area (Å²) in [5.74, 6) is 0. The average molecular weight is 236 g/mol. The van der Waals surface area contributed by atoms with E-state index >= 15 is 0 Å². The van der Waals surface area contributed by atoms with Gasteiger partial charge in [-0.3, -0.25) is 4.98 Å². The number of nitrogens with zero attached hydrogens (tertiary/aromatic N) is 2. The number of aromatic nitrogens is 1. The number of likely N-dealkylation sites (N-methyl/N-ethyl adjacent to an activating group) is 1. The van der Waals surface area contributed by atoms with Crippen LogP contribution in [0.25, 0.3) is 0 Å². The van der Waals surface area contributed by atoms with Gasteiger partial charge in [-0.05, 0) is 40.9 Å². The molecule has 0 unspecified atom stereocenters. The lowest BCUT2D eigenvalue weighted by Crippen LogP contribution is -2.44. The summed E-state index contributed by atoms with van der Waals surface area (Å²) in [5, 5.41) is 6.68. The summed E-state index contributed by atoms with van der Waals surface area (Å²) >= 11 is 0. The summed E-state index contributed by atoms with van der Waals surface area (Å²) in [6.07, 6.45) is 3.69. The zero-order valence-electron chi connectivity index (χ0n) is 11.5. The molecule has 1 rings (SSSR count). The van der Waals surface area contributed by atoms with Crippen molar-refractivity contribution in [2.24, 2.45) is 0 Å². The van der Waals surface area contributed by atoms with Crippen LogP contribution in [0.4, 0.5) is 11.4 Å². The van der Waals surface area contributed by atoms with E-state index in [4.69, 9.17) is 0 Å². The topological polar surface area (TPSA) is 40.2 Å². The van der Waals surface area contributed by atoms with E-state index in [1.165, 1.54) is 0 Å². The minimum Gasteiger partial charge on any atom is -0.384 e. The Morgan fingerprint density at radius 2 is 1.76 bits per heavy atom. The fourth-order valence-corrected chi connectivity index (χ4v) is 1.31. The maximum Gasteiger partial charge on any atom is 0.0548 e. The largest absolute Gasteiger partial charge is 0.384 e. The molecule has 17 heavy (non-hydrogen) atoms. The molecule has 4 nitrogen and oxygen atoms in total. The summed E-state index contributed by atoms with van der Waals surface area (Å²) in [7, 11) is 4.18. The Bertz CT molecular complexity index is 347. The maximum absolute atomic E-state index is 4.21. The molecule has 0 saturated heterocycles. The van der Waals surface area contributed by atoms with Gasteiger partial charge >= 0.3 is 0 Å². The van der Waals surface area contributed by atoms with Crippen LogP contribution in [-0.4, -0.2) is 42.6 Å². The summed E-state index contributed by atoms with van der Waals surface area (Å²) < 4.78 is 0. The Labute approximate surface area is 104 Å². The van der Waals surface area contributed by atoms with Crippen LogP contribution in [0, 0.1) is 0 Å². The van der Waals surface area contributed by atoms with Gasteiger partial charge in [0.05, 0.1) is 23.8 Å². The molecule has 0 amide bonds. The van der Waals surface area contributed by atoms with Crippen molar-refractivity contribution in [1.29, 1.82) is 0 Å². The average Bonchev–Trinajstić information content (AvgIpc) is 2.27. The Morgan fingerprint density at radius 1 is 1.18 bits per heavy atom. The molecule has 2 N–H and O–H groups in total. The van der Waals surface area contributed by atoms with Crippen molar-refractivity contribution in [1.82, 2.24) is 9.88 Å². The molecule has 0 aliphatic rings. The highest BCUT2D eigenvalue weighted by Crippen LogP contribution is 2.15. The summed E-state index contributed by atoms with van der Waals surface area (Å²) in [4.78, 5) is 6.42. The third kappa shape index (κ3) is 4.23. The van der Waals surface area contributed by atoms with E-state index in [0.29, 0.717) is 0 Å². The molecule has 0 bridgehead atoms. The molecule has 0 aliphatic heterocycles. The normalized spacial score (nSPS) is 11.6. The fourth-order valence-electron chi connectivity index (χ4n) is 1.31. The second-order valence-corrected chi connectivity index (χ2v) is 5.05. The number of pyridine rings is 1. The molecule has 1 aromatic heterocycles. The Balaban J connectivity index is 2.60. The zero-order valence-corrected chi connectivity index (χ0v) is 11.5. The smallest absolute Gasteiger partial charge is 0.0548 e. The van der Waals surface area contributed by atoms with Gasteiger partial charge in [0, 0.05) is 18.6 Å². The first-order chi connectivity index (χ1) is 7.95. The molecule has 1 aromatic rings.